The smallest absolute Gasteiger partial charge is 0.267 e. The van der Waals surface area contributed by atoms with Gasteiger partial charge in [0.15, 0.2) is 11.5 Å². The van der Waals surface area contributed by atoms with Gasteiger partial charge in [0.1, 0.15) is 6.26 Å². The lowest BCUT2D eigenvalue weighted by Gasteiger charge is -2.09. The number of aliphatic hydroxyl groups excluding tert-OH is 2. The first-order chi connectivity index (χ1) is 9.52. The van der Waals surface area contributed by atoms with Crippen molar-refractivity contribution in [3.8, 4) is 0 Å². The van der Waals surface area contributed by atoms with Crippen molar-refractivity contribution in [2.45, 2.75) is 0 Å². The lowest BCUT2D eigenvalue weighted by Crippen LogP contribution is -2.22. The van der Waals surface area contributed by atoms with Gasteiger partial charge in [0.2, 0.25) is 17.3 Å². The normalized spacial score (nSPS) is 14.6. The molecule has 0 unspecified atom stereocenters. The number of carbonyl (C=O) groups excluding carboxylic acids is 3. The second-order valence-corrected chi connectivity index (χ2v) is 4.83. The molecule has 0 aliphatic heterocycles. The average Bonchev–Trinajstić information content (AvgIpc) is 3.10. The van der Waals surface area contributed by atoms with Crippen LogP contribution in [0, 0.1) is 0 Å². The molecule has 100 valence electrons. The second kappa shape index (κ2) is 4.17. The van der Waals surface area contributed by atoms with Crippen molar-refractivity contribution >= 4 is 28.7 Å². The molecular weight excluding hydrogens is 284 g/mol. The van der Waals surface area contributed by atoms with E-state index < -0.39 is 34.6 Å². The van der Waals surface area contributed by atoms with E-state index in [1.54, 1.807) is 16.8 Å². The first-order valence-corrected chi connectivity index (χ1v) is 6.36. The van der Waals surface area contributed by atoms with Gasteiger partial charge < -0.3 is 14.6 Å². The van der Waals surface area contributed by atoms with E-state index in [4.69, 9.17) is 4.42 Å². The first kappa shape index (κ1) is 12.4. The standard InChI is InChI=1S/C13H6O6S/c14-8(5-1-2-20-4-5)6-3-19-13-7(6)9(15)10(16)11(17)12(13)18/h1-4,16-17H. The van der Waals surface area contributed by atoms with Gasteiger partial charge in [0.05, 0.1) is 11.1 Å². The van der Waals surface area contributed by atoms with Crippen LogP contribution in [0.3, 0.4) is 0 Å². The summed E-state index contributed by atoms with van der Waals surface area (Å²) in [5, 5.41) is 22.0. The number of thiophene rings is 1. The number of Topliss-reactive ketones (excluding diaryl/α,β-unsaturated/α-hetero) is 2. The highest BCUT2D eigenvalue weighted by atomic mass is 32.1. The van der Waals surface area contributed by atoms with E-state index in [0.29, 0.717) is 5.56 Å². The van der Waals surface area contributed by atoms with Gasteiger partial charge in [-0.2, -0.15) is 11.3 Å². The summed E-state index contributed by atoms with van der Waals surface area (Å²) in [4.78, 5) is 35.8. The van der Waals surface area contributed by atoms with Crippen molar-refractivity contribution in [3.63, 3.8) is 0 Å². The van der Waals surface area contributed by atoms with Gasteiger partial charge in [0.25, 0.3) is 5.78 Å². The Labute approximate surface area is 115 Å². The third kappa shape index (κ3) is 1.53. The Morgan fingerprint density at radius 1 is 1.15 bits per heavy atom. The van der Waals surface area contributed by atoms with Gasteiger partial charge in [0, 0.05) is 10.9 Å². The monoisotopic (exact) mass is 290 g/mol. The minimum atomic E-state index is -1.08. The largest absolute Gasteiger partial charge is 0.501 e. The summed E-state index contributed by atoms with van der Waals surface area (Å²) < 4.78 is 4.91. The zero-order valence-electron chi connectivity index (χ0n) is 9.75. The molecule has 2 heterocycles. The molecule has 2 aromatic rings. The molecule has 2 N–H and O–H groups in total. The number of hydrogen-bond donors (Lipinski definition) is 2. The number of allylic oxidation sites excluding steroid dienone is 2. The summed E-state index contributed by atoms with van der Waals surface area (Å²) in [6, 6.07) is 1.56. The van der Waals surface area contributed by atoms with Crippen LogP contribution in [0.15, 0.2) is 39.0 Å². The molecule has 6 nitrogen and oxygen atoms in total. The average molecular weight is 290 g/mol. The molecule has 0 atom stereocenters. The molecule has 2 aromatic heterocycles. The summed E-state index contributed by atoms with van der Waals surface area (Å²) in [5.41, 5.74) is -0.0885. The van der Waals surface area contributed by atoms with Crippen LogP contribution < -0.4 is 0 Å². The van der Waals surface area contributed by atoms with Crippen LogP contribution in [0.5, 0.6) is 0 Å². The van der Waals surface area contributed by atoms with Crippen LogP contribution in [0.4, 0.5) is 0 Å². The van der Waals surface area contributed by atoms with Crippen molar-refractivity contribution in [2.24, 2.45) is 0 Å². The van der Waals surface area contributed by atoms with Crippen LogP contribution >= 0.6 is 11.3 Å². The quantitative estimate of drug-likeness (QED) is 0.822. The maximum absolute atomic E-state index is 12.2. The highest BCUT2D eigenvalue weighted by Gasteiger charge is 2.39. The van der Waals surface area contributed by atoms with Gasteiger partial charge in [-0.1, -0.05) is 0 Å². The van der Waals surface area contributed by atoms with E-state index >= 15 is 0 Å². The summed E-state index contributed by atoms with van der Waals surface area (Å²) in [6.45, 7) is 0. The van der Waals surface area contributed by atoms with Gasteiger partial charge in [-0.05, 0) is 11.4 Å². The van der Waals surface area contributed by atoms with E-state index in [0.717, 1.165) is 6.26 Å². The minimum Gasteiger partial charge on any atom is -0.501 e. The number of aliphatic hydroxyl groups is 2. The lowest BCUT2D eigenvalue weighted by molar-refractivity contribution is 0.0860. The Morgan fingerprint density at radius 3 is 2.50 bits per heavy atom. The number of rotatable bonds is 2. The molecule has 1 aliphatic rings. The number of carbonyl (C=O) groups is 3. The van der Waals surface area contributed by atoms with E-state index in [-0.39, 0.29) is 11.1 Å². The Morgan fingerprint density at radius 2 is 1.85 bits per heavy atom. The summed E-state index contributed by atoms with van der Waals surface area (Å²) >= 11 is 1.30. The number of ketones is 3. The van der Waals surface area contributed by atoms with Gasteiger partial charge >= 0.3 is 0 Å². The molecule has 3 rings (SSSR count). The fraction of sp³-hybridized carbons (Fsp3) is 0. The molecule has 0 bridgehead atoms. The predicted octanol–water partition coefficient (Wildman–Crippen LogP) is 2.28. The van der Waals surface area contributed by atoms with Crippen molar-refractivity contribution in [2.75, 3.05) is 0 Å². The van der Waals surface area contributed by atoms with Crippen LogP contribution in [0.25, 0.3) is 0 Å². The zero-order chi connectivity index (χ0) is 14.4. The molecule has 0 fully saturated rings. The molecule has 0 spiro atoms. The molecule has 0 aromatic carbocycles. The van der Waals surface area contributed by atoms with Crippen molar-refractivity contribution in [1.82, 2.24) is 0 Å². The summed E-state index contributed by atoms with van der Waals surface area (Å²) in [5.74, 6) is -5.13. The van der Waals surface area contributed by atoms with Gasteiger partial charge in [-0.3, -0.25) is 14.4 Å². The topological polar surface area (TPSA) is 105 Å². The Bertz CT molecular complexity index is 778. The van der Waals surface area contributed by atoms with Crippen LogP contribution in [0.1, 0.15) is 36.8 Å². The van der Waals surface area contributed by atoms with E-state index in [1.807, 2.05) is 0 Å². The molecule has 0 saturated carbocycles. The predicted molar refractivity (Wildman–Crippen MR) is 67.4 cm³/mol. The third-order valence-electron chi connectivity index (χ3n) is 2.91. The fourth-order valence-electron chi connectivity index (χ4n) is 1.91. The Kier molecular flexibility index (Phi) is 2.58. The fourth-order valence-corrected chi connectivity index (χ4v) is 2.54. The highest BCUT2D eigenvalue weighted by Crippen LogP contribution is 2.29. The molecule has 0 radical (unpaired) electrons. The van der Waals surface area contributed by atoms with E-state index in [1.165, 1.54) is 11.3 Å². The Balaban J connectivity index is 2.17. The van der Waals surface area contributed by atoms with E-state index in [2.05, 4.69) is 0 Å². The number of furan rings is 1. The van der Waals surface area contributed by atoms with Gasteiger partial charge in [-0.15, -0.1) is 0 Å². The first-order valence-electron chi connectivity index (χ1n) is 5.42. The minimum absolute atomic E-state index is 0.115. The van der Waals surface area contributed by atoms with Crippen LogP contribution in [0.2, 0.25) is 0 Å². The number of hydrogen-bond acceptors (Lipinski definition) is 7. The van der Waals surface area contributed by atoms with Crippen LogP contribution in [-0.2, 0) is 0 Å². The SMILES string of the molecule is O=C(c1ccsc1)c1coc2c1C(=O)C(O)=C(O)C2=O. The number of fused-ring (bicyclic) bond motifs is 1. The molecule has 0 amide bonds. The molecule has 0 saturated heterocycles. The van der Waals surface area contributed by atoms with Crippen molar-refractivity contribution in [3.05, 3.63) is 57.1 Å². The third-order valence-corrected chi connectivity index (χ3v) is 3.59. The second-order valence-electron chi connectivity index (χ2n) is 4.05. The Hall–Kier alpha value is -2.67. The maximum atomic E-state index is 12.2. The van der Waals surface area contributed by atoms with Crippen molar-refractivity contribution < 1.29 is 29.0 Å². The maximum Gasteiger partial charge on any atom is 0.267 e. The molecular formula is C13H6O6S. The zero-order valence-corrected chi connectivity index (χ0v) is 10.6. The summed E-state index contributed by atoms with van der Waals surface area (Å²) in [7, 11) is 0. The highest BCUT2D eigenvalue weighted by molar-refractivity contribution is 7.08. The summed E-state index contributed by atoms with van der Waals surface area (Å²) in [6.07, 6.45) is 0.979. The van der Waals surface area contributed by atoms with E-state index in [9.17, 15) is 24.6 Å². The molecule has 1 aliphatic carbocycles. The van der Waals surface area contributed by atoms with Crippen LogP contribution in [-0.4, -0.2) is 27.6 Å². The van der Waals surface area contributed by atoms with Gasteiger partial charge in [-0.25, -0.2) is 0 Å². The molecule has 20 heavy (non-hydrogen) atoms. The molecule has 7 heteroatoms. The lowest BCUT2D eigenvalue weighted by atomic mass is 9.93. The van der Waals surface area contributed by atoms with Crippen molar-refractivity contribution in [1.29, 1.82) is 0 Å².